The fraction of sp³-hybridized carbons (Fsp3) is 0.500. The first-order valence-electron chi connectivity index (χ1n) is 8.07. The van der Waals surface area contributed by atoms with Crippen molar-refractivity contribution in [3.05, 3.63) is 39.7 Å². The third kappa shape index (κ3) is 3.46. The highest BCUT2D eigenvalue weighted by Gasteiger charge is 2.46. The molecule has 134 valence electrons. The van der Waals surface area contributed by atoms with E-state index in [1.54, 1.807) is 0 Å². The average Bonchev–Trinajstić information content (AvgIpc) is 2.77. The van der Waals surface area contributed by atoms with Gasteiger partial charge in [-0.3, -0.25) is 10.1 Å². The van der Waals surface area contributed by atoms with E-state index in [0.29, 0.717) is 12.2 Å². The van der Waals surface area contributed by atoms with Gasteiger partial charge < -0.3 is 10.5 Å². The predicted molar refractivity (Wildman–Crippen MR) is 91.9 cm³/mol. The van der Waals surface area contributed by atoms with Gasteiger partial charge >= 0.3 is 6.09 Å². The van der Waals surface area contributed by atoms with Crippen molar-refractivity contribution in [3.8, 4) is 0 Å². The number of carbonyl (C=O) groups excluding carboxylic acids is 1. The van der Waals surface area contributed by atoms with Gasteiger partial charge in [-0.05, 0) is 24.8 Å². The average molecular weight is 367 g/mol. The highest BCUT2D eigenvalue weighted by Crippen LogP contribution is 2.49. The van der Waals surface area contributed by atoms with Crippen molar-refractivity contribution in [1.82, 2.24) is 0 Å². The minimum absolute atomic E-state index is 0.0109. The molecule has 2 unspecified atom stereocenters. The van der Waals surface area contributed by atoms with Crippen LogP contribution in [-0.4, -0.2) is 22.0 Å². The molecule has 25 heavy (non-hydrogen) atoms. The number of fused-ring (bicyclic) bond motifs is 1. The SMILES string of the molecule is NC(=O)OC1=NC2(c3cc([N+](=O)[O-])ccc3F)CCCCCC2CS1. The molecule has 1 heterocycles. The second-order valence-electron chi connectivity index (χ2n) is 6.25. The third-order valence-electron chi connectivity index (χ3n) is 4.80. The maximum absolute atomic E-state index is 14.7. The fourth-order valence-corrected chi connectivity index (χ4v) is 4.81. The molecule has 0 aromatic heterocycles. The Morgan fingerprint density at radius 1 is 1.44 bits per heavy atom. The minimum atomic E-state index is -0.979. The summed E-state index contributed by atoms with van der Waals surface area (Å²) in [7, 11) is 0. The maximum Gasteiger partial charge on any atom is 0.411 e. The van der Waals surface area contributed by atoms with E-state index < -0.39 is 22.4 Å². The lowest BCUT2D eigenvalue weighted by Crippen LogP contribution is -2.40. The Hall–Kier alpha value is -2.16. The van der Waals surface area contributed by atoms with Crippen LogP contribution in [0.4, 0.5) is 14.9 Å². The van der Waals surface area contributed by atoms with Gasteiger partial charge in [-0.2, -0.15) is 0 Å². The zero-order valence-electron chi connectivity index (χ0n) is 13.4. The Balaban J connectivity index is 2.15. The van der Waals surface area contributed by atoms with Gasteiger partial charge in [-0.1, -0.05) is 31.0 Å². The monoisotopic (exact) mass is 367 g/mol. The lowest BCUT2D eigenvalue weighted by atomic mass is 9.75. The van der Waals surface area contributed by atoms with Crippen molar-refractivity contribution < 1.29 is 18.8 Å². The third-order valence-corrected chi connectivity index (χ3v) is 5.79. The van der Waals surface area contributed by atoms with Crippen LogP contribution in [0.1, 0.15) is 37.7 Å². The molecular weight excluding hydrogens is 349 g/mol. The summed E-state index contributed by atoms with van der Waals surface area (Å²) in [5.41, 5.74) is 4.12. The van der Waals surface area contributed by atoms with Gasteiger partial charge in [-0.25, -0.2) is 14.2 Å². The van der Waals surface area contributed by atoms with E-state index in [0.717, 1.165) is 37.8 Å². The number of rotatable bonds is 2. The molecule has 0 spiro atoms. The van der Waals surface area contributed by atoms with Crippen LogP contribution in [0.3, 0.4) is 0 Å². The van der Waals surface area contributed by atoms with Gasteiger partial charge in [0.2, 0.25) is 0 Å². The molecule has 1 aromatic carbocycles. The van der Waals surface area contributed by atoms with Crippen LogP contribution in [0.5, 0.6) is 0 Å². The number of amides is 1. The van der Waals surface area contributed by atoms with Crippen LogP contribution in [0.2, 0.25) is 0 Å². The Bertz CT molecular complexity index is 742. The normalized spacial score (nSPS) is 26.1. The summed E-state index contributed by atoms with van der Waals surface area (Å²) in [5.74, 6) is 0.0668. The lowest BCUT2D eigenvalue weighted by molar-refractivity contribution is -0.385. The van der Waals surface area contributed by atoms with Crippen LogP contribution >= 0.6 is 11.8 Å². The maximum atomic E-state index is 14.7. The number of ether oxygens (including phenoxy) is 1. The molecule has 2 aliphatic rings. The summed E-state index contributed by atoms with van der Waals surface area (Å²) in [6.07, 6.45) is 3.20. The number of hydrogen-bond donors (Lipinski definition) is 1. The molecule has 0 bridgehead atoms. The smallest absolute Gasteiger partial charge is 0.385 e. The number of nitrogens with zero attached hydrogens (tertiary/aromatic N) is 2. The second-order valence-corrected chi connectivity index (χ2v) is 7.22. The number of hydrogen-bond acceptors (Lipinski definition) is 6. The topological polar surface area (TPSA) is 108 Å². The van der Waals surface area contributed by atoms with Crippen molar-refractivity contribution in [2.24, 2.45) is 16.6 Å². The number of nitrogens with two attached hydrogens (primary N) is 1. The molecule has 2 atom stereocenters. The number of benzene rings is 1. The highest BCUT2D eigenvalue weighted by molar-refractivity contribution is 8.13. The van der Waals surface area contributed by atoms with Gasteiger partial charge in [0, 0.05) is 23.4 Å². The molecule has 1 aliphatic heterocycles. The van der Waals surface area contributed by atoms with E-state index in [-0.39, 0.29) is 22.4 Å². The Kier molecular flexibility index (Phi) is 4.94. The molecule has 0 radical (unpaired) electrons. The second kappa shape index (κ2) is 6.99. The molecule has 9 heteroatoms. The van der Waals surface area contributed by atoms with Crippen molar-refractivity contribution in [2.45, 2.75) is 37.6 Å². The first-order chi connectivity index (χ1) is 11.9. The summed E-state index contributed by atoms with van der Waals surface area (Å²) >= 11 is 1.27. The van der Waals surface area contributed by atoms with E-state index in [9.17, 15) is 19.3 Å². The van der Waals surface area contributed by atoms with E-state index >= 15 is 0 Å². The number of nitro benzene ring substituents is 1. The molecule has 1 aromatic rings. The number of carbonyl (C=O) groups is 1. The number of non-ortho nitro benzene ring substituents is 1. The summed E-state index contributed by atoms with van der Waals surface area (Å²) in [5, 5.41) is 11.2. The van der Waals surface area contributed by atoms with E-state index in [4.69, 9.17) is 10.5 Å². The van der Waals surface area contributed by atoms with Gasteiger partial charge in [0.1, 0.15) is 5.82 Å². The largest absolute Gasteiger partial charge is 0.411 e. The molecule has 2 N–H and O–H groups in total. The quantitative estimate of drug-likeness (QED) is 0.633. The minimum Gasteiger partial charge on any atom is -0.385 e. The fourth-order valence-electron chi connectivity index (χ4n) is 3.65. The first-order valence-corrected chi connectivity index (χ1v) is 9.05. The van der Waals surface area contributed by atoms with Crippen molar-refractivity contribution in [2.75, 3.05) is 5.75 Å². The van der Waals surface area contributed by atoms with Crippen LogP contribution in [0, 0.1) is 21.8 Å². The summed E-state index contributed by atoms with van der Waals surface area (Å²) < 4.78 is 19.6. The van der Waals surface area contributed by atoms with Crippen LogP contribution in [0.15, 0.2) is 23.2 Å². The molecule has 0 saturated heterocycles. The molecule has 1 amide bonds. The lowest BCUT2D eigenvalue weighted by Gasteiger charge is -2.39. The van der Waals surface area contributed by atoms with E-state index in [1.807, 2.05) is 0 Å². The Morgan fingerprint density at radius 3 is 2.96 bits per heavy atom. The highest BCUT2D eigenvalue weighted by atomic mass is 32.2. The summed E-state index contributed by atoms with van der Waals surface area (Å²) in [6, 6.07) is 3.51. The Morgan fingerprint density at radius 2 is 2.24 bits per heavy atom. The molecule has 1 aliphatic carbocycles. The summed E-state index contributed by atoms with van der Waals surface area (Å²) in [6.45, 7) is 0. The number of aliphatic imine (C=N–C) groups is 1. The van der Waals surface area contributed by atoms with Crippen LogP contribution in [0.25, 0.3) is 0 Å². The van der Waals surface area contributed by atoms with E-state index in [1.165, 1.54) is 17.8 Å². The van der Waals surface area contributed by atoms with Crippen molar-refractivity contribution in [1.29, 1.82) is 0 Å². The first kappa shape index (κ1) is 17.7. The molecule has 1 saturated carbocycles. The standard InChI is InChI=1S/C16H18FN3O4S/c17-13-6-5-11(20(22)23)8-12(13)16-7-3-1-2-4-10(16)9-25-15(19-16)24-14(18)21/h5-6,8,10H,1-4,7,9H2,(H2,18,21). The zero-order chi connectivity index (χ0) is 18.0. The Labute approximate surface area is 148 Å². The van der Waals surface area contributed by atoms with Crippen LogP contribution < -0.4 is 5.73 Å². The summed E-state index contributed by atoms with van der Waals surface area (Å²) in [4.78, 5) is 26.2. The molecule has 3 rings (SSSR count). The zero-order valence-corrected chi connectivity index (χ0v) is 14.3. The van der Waals surface area contributed by atoms with Crippen molar-refractivity contribution in [3.63, 3.8) is 0 Å². The number of halogens is 1. The number of primary amides is 1. The molecule has 1 fully saturated rings. The van der Waals surface area contributed by atoms with Crippen molar-refractivity contribution >= 4 is 28.8 Å². The van der Waals surface area contributed by atoms with Gasteiger partial charge in [0.05, 0.1) is 10.5 Å². The molecule has 7 nitrogen and oxygen atoms in total. The number of nitro groups is 1. The van der Waals surface area contributed by atoms with Gasteiger partial charge in [0.15, 0.2) is 0 Å². The molecular formula is C16H18FN3O4S. The van der Waals surface area contributed by atoms with E-state index in [2.05, 4.69) is 4.99 Å². The van der Waals surface area contributed by atoms with Gasteiger partial charge in [-0.15, -0.1) is 0 Å². The van der Waals surface area contributed by atoms with Gasteiger partial charge in [0.25, 0.3) is 10.9 Å². The number of thioether (sulfide) groups is 1. The predicted octanol–water partition coefficient (Wildman–Crippen LogP) is 3.71. The van der Waals surface area contributed by atoms with Crippen LogP contribution in [-0.2, 0) is 10.3 Å².